The molecule has 0 aliphatic carbocycles. The number of ether oxygens (including phenoxy) is 1. The normalized spacial score (nSPS) is 12.4. The van der Waals surface area contributed by atoms with Crippen molar-refractivity contribution in [2.45, 2.75) is 18.2 Å². The van der Waals surface area contributed by atoms with Gasteiger partial charge >= 0.3 is 0 Å². The minimum atomic E-state index is -0.114. The van der Waals surface area contributed by atoms with Gasteiger partial charge in [0.2, 0.25) is 0 Å². The van der Waals surface area contributed by atoms with Crippen molar-refractivity contribution in [3.05, 3.63) is 41.8 Å². The van der Waals surface area contributed by atoms with Gasteiger partial charge in [-0.2, -0.15) is 0 Å². The molecule has 2 aromatic rings. The van der Waals surface area contributed by atoms with Crippen LogP contribution in [0.3, 0.4) is 0 Å². The Morgan fingerprint density at radius 2 is 2.33 bits per heavy atom. The summed E-state index contributed by atoms with van der Waals surface area (Å²) in [6, 6.07) is 5.90. The van der Waals surface area contributed by atoms with E-state index in [1.54, 1.807) is 19.6 Å². The van der Waals surface area contributed by atoms with Gasteiger partial charge in [-0.15, -0.1) is 0 Å². The smallest absolute Gasteiger partial charge is 0.255 e. The summed E-state index contributed by atoms with van der Waals surface area (Å²) >= 11 is 1.50. The lowest BCUT2D eigenvalue weighted by Crippen LogP contribution is -2.14. The van der Waals surface area contributed by atoms with Gasteiger partial charge in [0.05, 0.1) is 13.3 Å². The summed E-state index contributed by atoms with van der Waals surface area (Å²) in [5.74, 6) is 1.52. The fourth-order valence-electron chi connectivity index (χ4n) is 1.68. The Hall–Kier alpha value is -1.46. The van der Waals surface area contributed by atoms with Crippen molar-refractivity contribution in [2.75, 3.05) is 12.9 Å². The zero-order valence-corrected chi connectivity index (χ0v) is 11.2. The zero-order valence-electron chi connectivity index (χ0n) is 10.4. The highest BCUT2D eigenvalue weighted by Gasteiger charge is 2.13. The fourth-order valence-corrected chi connectivity index (χ4v) is 2.44. The molecule has 96 valence electrons. The van der Waals surface area contributed by atoms with Gasteiger partial charge in [-0.05, 0) is 13.0 Å². The number of rotatable bonds is 5. The molecule has 1 aromatic heterocycles. The molecule has 0 amide bonds. The van der Waals surface area contributed by atoms with Gasteiger partial charge in [0.1, 0.15) is 12.0 Å². The maximum Gasteiger partial charge on any atom is 0.255 e. The molecule has 1 aromatic carbocycles. The predicted octanol–water partition coefficient (Wildman–Crippen LogP) is 2.78. The lowest BCUT2D eigenvalue weighted by Gasteiger charge is -2.15. The number of methoxy groups -OCH3 is 1. The monoisotopic (exact) mass is 264 g/mol. The van der Waals surface area contributed by atoms with Crippen molar-refractivity contribution >= 4 is 11.8 Å². The first-order valence-electron chi connectivity index (χ1n) is 5.63. The van der Waals surface area contributed by atoms with Crippen molar-refractivity contribution < 1.29 is 9.15 Å². The van der Waals surface area contributed by atoms with Crippen molar-refractivity contribution in [1.82, 2.24) is 4.98 Å². The number of thioether (sulfide) groups is 1. The third-order valence-electron chi connectivity index (χ3n) is 2.58. The molecule has 2 N–H and O–H groups in total. The standard InChI is InChI=1S/C13H16N2O2S/c1-9-3-4-12(16-2)10(7-9)11(14)8-18-13-15-5-6-17-13/h3-7,11H,8,14H2,1-2H3. The number of nitrogens with two attached hydrogens (primary N) is 1. The van der Waals surface area contributed by atoms with E-state index >= 15 is 0 Å². The largest absolute Gasteiger partial charge is 0.496 e. The van der Waals surface area contributed by atoms with Gasteiger partial charge in [0.25, 0.3) is 5.22 Å². The summed E-state index contributed by atoms with van der Waals surface area (Å²) in [7, 11) is 1.65. The van der Waals surface area contributed by atoms with E-state index in [2.05, 4.69) is 11.1 Å². The molecule has 0 saturated carbocycles. The average Bonchev–Trinajstić information content (AvgIpc) is 2.89. The van der Waals surface area contributed by atoms with Crippen LogP contribution in [0, 0.1) is 6.92 Å². The first-order valence-corrected chi connectivity index (χ1v) is 6.61. The molecule has 4 nitrogen and oxygen atoms in total. The second kappa shape index (κ2) is 5.93. The van der Waals surface area contributed by atoms with Gasteiger partial charge in [-0.3, -0.25) is 0 Å². The Balaban J connectivity index is 2.08. The number of benzene rings is 1. The third-order valence-corrected chi connectivity index (χ3v) is 3.56. The highest BCUT2D eigenvalue weighted by Crippen LogP contribution is 2.28. The number of aromatic nitrogens is 1. The number of hydrogen-bond acceptors (Lipinski definition) is 5. The van der Waals surface area contributed by atoms with Gasteiger partial charge in [0.15, 0.2) is 0 Å². The van der Waals surface area contributed by atoms with E-state index in [1.165, 1.54) is 17.3 Å². The number of oxazole rings is 1. The first-order chi connectivity index (χ1) is 8.70. The van der Waals surface area contributed by atoms with E-state index in [0.717, 1.165) is 11.3 Å². The lowest BCUT2D eigenvalue weighted by atomic mass is 10.1. The summed E-state index contributed by atoms with van der Waals surface area (Å²) in [6.07, 6.45) is 3.18. The Morgan fingerprint density at radius 3 is 3.00 bits per heavy atom. The van der Waals surface area contributed by atoms with Gasteiger partial charge in [-0.25, -0.2) is 4.98 Å². The summed E-state index contributed by atoms with van der Waals surface area (Å²) in [5.41, 5.74) is 8.37. The molecule has 5 heteroatoms. The second-order valence-electron chi connectivity index (χ2n) is 3.96. The summed E-state index contributed by atoms with van der Waals surface area (Å²) < 4.78 is 10.5. The van der Waals surface area contributed by atoms with Crippen LogP contribution in [0.4, 0.5) is 0 Å². The van der Waals surface area contributed by atoms with E-state index in [-0.39, 0.29) is 6.04 Å². The highest BCUT2D eigenvalue weighted by atomic mass is 32.2. The van der Waals surface area contributed by atoms with Crippen molar-refractivity contribution in [3.63, 3.8) is 0 Å². The minimum absolute atomic E-state index is 0.114. The minimum Gasteiger partial charge on any atom is -0.496 e. The predicted molar refractivity (Wildman–Crippen MR) is 71.9 cm³/mol. The first kappa shape index (κ1) is 13.0. The van der Waals surface area contributed by atoms with E-state index in [4.69, 9.17) is 14.9 Å². The molecule has 0 aliphatic rings. The molecule has 2 rings (SSSR count). The molecule has 0 radical (unpaired) electrons. The van der Waals surface area contributed by atoms with E-state index in [0.29, 0.717) is 11.0 Å². The quantitative estimate of drug-likeness (QED) is 0.841. The van der Waals surface area contributed by atoms with Gasteiger partial charge < -0.3 is 14.9 Å². The SMILES string of the molecule is COc1ccc(C)cc1C(N)CSc1ncco1. The Morgan fingerprint density at radius 1 is 1.50 bits per heavy atom. The zero-order chi connectivity index (χ0) is 13.0. The fraction of sp³-hybridized carbons (Fsp3) is 0.308. The molecule has 0 bridgehead atoms. The number of hydrogen-bond donors (Lipinski definition) is 1. The van der Waals surface area contributed by atoms with Crippen LogP contribution in [0.1, 0.15) is 17.2 Å². The summed E-state index contributed by atoms with van der Waals surface area (Å²) in [6.45, 7) is 2.04. The number of nitrogens with zero attached hydrogens (tertiary/aromatic N) is 1. The molecule has 0 saturated heterocycles. The molecule has 1 heterocycles. The Bertz CT molecular complexity index is 500. The van der Waals surface area contributed by atoms with Crippen LogP contribution >= 0.6 is 11.8 Å². The molecule has 1 unspecified atom stereocenters. The molecule has 0 spiro atoms. The van der Waals surface area contributed by atoms with Crippen LogP contribution in [0.2, 0.25) is 0 Å². The van der Waals surface area contributed by atoms with E-state index in [1.807, 2.05) is 19.1 Å². The summed E-state index contributed by atoms with van der Waals surface area (Å²) in [5, 5.41) is 0.636. The maximum absolute atomic E-state index is 6.19. The molecular formula is C13H16N2O2S. The maximum atomic E-state index is 6.19. The Labute approximate surface area is 111 Å². The van der Waals surface area contributed by atoms with E-state index < -0.39 is 0 Å². The third kappa shape index (κ3) is 3.05. The average molecular weight is 264 g/mol. The number of aryl methyl sites for hydroxylation is 1. The van der Waals surface area contributed by atoms with E-state index in [9.17, 15) is 0 Å². The van der Waals surface area contributed by atoms with Crippen molar-refractivity contribution in [3.8, 4) is 5.75 Å². The van der Waals surface area contributed by atoms with Crippen molar-refractivity contribution in [1.29, 1.82) is 0 Å². The van der Waals surface area contributed by atoms with Crippen LogP contribution in [0.15, 0.2) is 40.3 Å². The van der Waals surface area contributed by atoms with Crippen LogP contribution in [0.5, 0.6) is 5.75 Å². The van der Waals surface area contributed by atoms with Crippen LogP contribution in [0.25, 0.3) is 0 Å². The summed E-state index contributed by atoms with van der Waals surface area (Å²) in [4.78, 5) is 4.05. The molecule has 1 atom stereocenters. The molecule has 0 aliphatic heterocycles. The lowest BCUT2D eigenvalue weighted by molar-refractivity contribution is 0.407. The Kier molecular flexibility index (Phi) is 4.28. The van der Waals surface area contributed by atoms with Gasteiger partial charge in [0, 0.05) is 17.4 Å². The van der Waals surface area contributed by atoms with Crippen LogP contribution < -0.4 is 10.5 Å². The highest BCUT2D eigenvalue weighted by molar-refractivity contribution is 7.99. The molecule has 18 heavy (non-hydrogen) atoms. The van der Waals surface area contributed by atoms with Crippen molar-refractivity contribution in [2.24, 2.45) is 5.73 Å². The molecule has 0 fully saturated rings. The topological polar surface area (TPSA) is 61.3 Å². The van der Waals surface area contributed by atoms with Crippen LogP contribution in [-0.4, -0.2) is 17.8 Å². The van der Waals surface area contributed by atoms with Crippen LogP contribution in [-0.2, 0) is 0 Å². The van der Waals surface area contributed by atoms with Gasteiger partial charge in [-0.1, -0.05) is 29.5 Å². The second-order valence-corrected chi connectivity index (χ2v) is 4.93. The molecular weight excluding hydrogens is 248 g/mol.